The van der Waals surface area contributed by atoms with E-state index >= 15 is 0 Å². The number of hydrogen-bond acceptors (Lipinski definition) is 4. The van der Waals surface area contributed by atoms with Crippen molar-refractivity contribution in [3.8, 4) is 0 Å². The van der Waals surface area contributed by atoms with Gasteiger partial charge in [0.2, 0.25) is 11.8 Å². The summed E-state index contributed by atoms with van der Waals surface area (Å²) in [7, 11) is 1.93. The molecular weight excluding hydrogens is 359 g/mol. The standard InChI is InChI=1S/C18H27FN4O2.ClH/c1-13(14-5-7-15(19)8-6-14)22-17(24)10-21-18(25)12-23-9-3-4-16(11-23)20-2;/h5-8,13,16,20H,3-4,9-12H2,1-2H3,(H,21,25)(H,22,24);1H. The van der Waals surface area contributed by atoms with Crippen LogP contribution in [0.25, 0.3) is 0 Å². The molecule has 0 bridgehead atoms. The summed E-state index contributed by atoms with van der Waals surface area (Å²) >= 11 is 0. The first-order valence-electron chi connectivity index (χ1n) is 8.69. The van der Waals surface area contributed by atoms with Crippen molar-refractivity contribution in [2.24, 2.45) is 0 Å². The fourth-order valence-corrected chi connectivity index (χ4v) is 3.00. The number of piperidine rings is 1. The third-order valence-corrected chi connectivity index (χ3v) is 4.47. The Morgan fingerprint density at radius 3 is 2.62 bits per heavy atom. The van der Waals surface area contributed by atoms with Crippen LogP contribution in [0.15, 0.2) is 24.3 Å². The number of hydrogen-bond donors (Lipinski definition) is 3. The Morgan fingerprint density at radius 2 is 1.96 bits per heavy atom. The molecule has 1 saturated heterocycles. The number of nitrogens with zero attached hydrogens (tertiary/aromatic N) is 1. The Labute approximate surface area is 160 Å². The largest absolute Gasteiger partial charge is 0.348 e. The lowest BCUT2D eigenvalue weighted by Gasteiger charge is -2.31. The second kappa shape index (κ2) is 11.1. The molecule has 0 saturated carbocycles. The number of carbonyl (C=O) groups excluding carboxylic acids is 2. The van der Waals surface area contributed by atoms with Crippen LogP contribution in [0.4, 0.5) is 4.39 Å². The normalized spacial score (nSPS) is 18.5. The predicted octanol–water partition coefficient (Wildman–Crippen LogP) is 1.22. The number of amides is 2. The van der Waals surface area contributed by atoms with E-state index in [2.05, 4.69) is 20.9 Å². The van der Waals surface area contributed by atoms with Gasteiger partial charge < -0.3 is 16.0 Å². The summed E-state index contributed by atoms with van der Waals surface area (Å²) in [5, 5.41) is 8.68. The van der Waals surface area contributed by atoms with E-state index in [4.69, 9.17) is 0 Å². The number of benzene rings is 1. The molecule has 2 unspecified atom stereocenters. The maximum absolute atomic E-state index is 12.9. The molecule has 1 aliphatic rings. The molecule has 3 N–H and O–H groups in total. The smallest absolute Gasteiger partial charge is 0.239 e. The molecule has 1 aromatic carbocycles. The van der Waals surface area contributed by atoms with Crippen LogP contribution in [0.1, 0.15) is 31.4 Å². The Morgan fingerprint density at radius 1 is 1.27 bits per heavy atom. The molecule has 0 aromatic heterocycles. The average Bonchev–Trinajstić information content (AvgIpc) is 2.60. The van der Waals surface area contributed by atoms with E-state index in [-0.39, 0.29) is 42.6 Å². The number of carbonyl (C=O) groups is 2. The van der Waals surface area contributed by atoms with Crippen molar-refractivity contribution in [3.63, 3.8) is 0 Å². The molecule has 1 aromatic rings. The minimum absolute atomic E-state index is 0. The molecule has 2 rings (SSSR count). The third-order valence-electron chi connectivity index (χ3n) is 4.47. The van der Waals surface area contributed by atoms with Crippen molar-refractivity contribution in [2.75, 3.05) is 33.2 Å². The highest BCUT2D eigenvalue weighted by molar-refractivity contribution is 5.86. The molecular formula is C18H28ClFN4O2. The number of halogens is 2. The highest BCUT2D eigenvalue weighted by Crippen LogP contribution is 2.12. The maximum Gasteiger partial charge on any atom is 0.239 e. The molecule has 26 heavy (non-hydrogen) atoms. The van der Waals surface area contributed by atoms with Crippen molar-refractivity contribution >= 4 is 24.2 Å². The summed E-state index contributed by atoms with van der Waals surface area (Å²) in [5.41, 5.74) is 0.813. The first kappa shape index (κ1) is 22.3. The zero-order chi connectivity index (χ0) is 18.2. The van der Waals surface area contributed by atoms with Gasteiger partial charge in [-0.1, -0.05) is 12.1 Å². The Kier molecular flexibility index (Phi) is 9.54. The van der Waals surface area contributed by atoms with Crippen LogP contribution in [0.2, 0.25) is 0 Å². The fraction of sp³-hybridized carbons (Fsp3) is 0.556. The van der Waals surface area contributed by atoms with Gasteiger partial charge in [-0.15, -0.1) is 12.4 Å². The molecule has 1 fully saturated rings. The van der Waals surface area contributed by atoms with E-state index in [1.54, 1.807) is 12.1 Å². The van der Waals surface area contributed by atoms with Gasteiger partial charge in [-0.2, -0.15) is 0 Å². The molecule has 146 valence electrons. The predicted molar refractivity (Wildman–Crippen MR) is 102 cm³/mol. The van der Waals surface area contributed by atoms with Gasteiger partial charge in [-0.05, 0) is 51.1 Å². The molecule has 0 spiro atoms. The van der Waals surface area contributed by atoms with E-state index in [9.17, 15) is 14.0 Å². The lowest BCUT2D eigenvalue weighted by Crippen LogP contribution is -2.49. The van der Waals surface area contributed by atoms with Crippen molar-refractivity contribution in [2.45, 2.75) is 31.8 Å². The second-order valence-electron chi connectivity index (χ2n) is 6.48. The van der Waals surface area contributed by atoms with Crippen molar-refractivity contribution < 1.29 is 14.0 Å². The van der Waals surface area contributed by atoms with E-state index in [1.807, 2.05) is 14.0 Å². The van der Waals surface area contributed by atoms with Gasteiger partial charge in [0.1, 0.15) is 5.82 Å². The SMILES string of the molecule is CNC1CCCN(CC(=O)NCC(=O)NC(C)c2ccc(F)cc2)C1.Cl. The van der Waals surface area contributed by atoms with Crippen LogP contribution in [-0.2, 0) is 9.59 Å². The first-order chi connectivity index (χ1) is 12.0. The number of likely N-dealkylation sites (N-methyl/N-ethyl adjacent to an activating group) is 1. The summed E-state index contributed by atoms with van der Waals surface area (Å²) in [6.45, 7) is 3.81. The summed E-state index contributed by atoms with van der Waals surface area (Å²) in [5.74, 6) is -0.731. The third kappa shape index (κ3) is 7.27. The van der Waals surface area contributed by atoms with E-state index in [0.717, 1.165) is 31.5 Å². The lowest BCUT2D eigenvalue weighted by molar-refractivity contribution is -0.127. The van der Waals surface area contributed by atoms with Crippen LogP contribution < -0.4 is 16.0 Å². The topological polar surface area (TPSA) is 73.5 Å². The van der Waals surface area contributed by atoms with Crippen LogP contribution in [0, 0.1) is 5.82 Å². The van der Waals surface area contributed by atoms with Gasteiger partial charge in [0, 0.05) is 12.6 Å². The minimum Gasteiger partial charge on any atom is -0.348 e. The van der Waals surface area contributed by atoms with E-state index in [0.29, 0.717) is 12.6 Å². The monoisotopic (exact) mass is 386 g/mol. The molecule has 2 atom stereocenters. The van der Waals surface area contributed by atoms with Crippen molar-refractivity contribution in [1.29, 1.82) is 0 Å². The van der Waals surface area contributed by atoms with Gasteiger partial charge in [0.15, 0.2) is 0 Å². The second-order valence-corrected chi connectivity index (χ2v) is 6.48. The van der Waals surface area contributed by atoms with Gasteiger partial charge in [-0.3, -0.25) is 14.5 Å². The van der Waals surface area contributed by atoms with E-state index in [1.165, 1.54) is 12.1 Å². The molecule has 1 aliphatic heterocycles. The summed E-state index contributed by atoms with van der Waals surface area (Å²) in [4.78, 5) is 26.1. The summed E-state index contributed by atoms with van der Waals surface area (Å²) in [6, 6.07) is 6.15. The highest BCUT2D eigenvalue weighted by atomic mass is 35.5. The van der Waals surface area contributed by atoms with Gasteiger partial charge in [-0.25, -0.2) is 4.39 Å². The zero-order valence-electron chi connectivity index (χ0n) is 15.3. The zero-order valence-corrected chi connectivity index (χ0v) is 16.1. The number of likely N-dealkylation sites (tertiary alicyclic amines) is 1. The summed E-state index contributed by atoms with van der Waals surface area (Å²) in [6.07, 6.45) is 2.19. The van der Waals surface area contributed by atoms with Crippen molar-refractivity contribution in [1.82, 2.24) is 20.9 Å². The van der Waals surface area contributed by atoms with Crippen LogP contribution in [0.5, 0.6) is 0 Å². The van der Waals surface area contributed by atoms with Gasteiger partial charge >= 0.3 is 0 Å². The first-order valence-corrected chi connectivity index (χ1v) is 8.69. The van der Waals surface area contributed by atoms with Crippen LogP contribution >= 0.6 is 12.4 Å². The van der Waals surface area contributed by atoms with Crippen LogP contribution in [0.3, 0.4) is 0 Å². The quantitative estimate of drug-likeness (QED) is 0.659. The molecule has 0 aliphatic carbocycles. The van der Waals surface area contributed by atoms with E-state index < -0.39 is 0 Å². The maximum atomic E-state index is 12.9. The van der Waals surface area contributed by atoms with Gasteiger partial charge in [0.25, 0.3) is 0 Å². The number of nitrogens with one attached hydrogen (secondary N) is 3. The summed E-state index contributed by atoms with van der Waals surface area (Å²) < 4.78 is 12.9. The fourth-order valence-electron chi connectivity index (χ4n) is 3.00. The molecule has 6 nitrogen and oxygen atoms in total. The Hall–Kier alpha value is -1.70. The lowest BCUT2D eigenvalue weighted by atomic mass is 10.1. The minimum atomic E-state index is -0.312. The molecule has 0 radical (unpaired) electrons. The molecule has 8 heteroatoms. The van der Waals surface area contributed by atoms with Crippen molar-refractivity contribution in [3.05, 3.63) is 35.6 Å². The number of rotatable bonds is 7. The molecule has 2 amide bonds. The highest BCUT2D eigenvalue weighted by Gasteiger charge is 2.20. The van der Waals surface area contributed by atoms with Crippen LogP contribution in [-0.4, -0.2) is 56.0 Å². The van der Waals surface area contributed by atoms with Gasteiger partial charge in [0.05, 0.1) is 19.1 Å². The Balaban J connectivity index is 0.00000338. The molecule has 1 heterocycles. The average molecular weight is 387 g/mol. The Bertz CT molecular complexity index is 585.